The molecular weight excluding hydrogens is 624 g/mol. The molecular formula is C20H27N7O14P2. The Morgan fingerprint density at radius 3 is 2.44 bits per heavy atom. The molecule has 5 heterocycles. The van der Waals surface area contributed by atoms with E-state index in [1.54, 1.807) is 0 Å². The number of phosphoric acid groups is 2. The van der Waals surface area contributed by atoms with Gasteiger partial charge in [0, 0.05) is 18.2 Å². The van der Waals surface area contributed by atoms with E-state index < -0.39 is 83.1 Å². The number of aryl methyl sites for hydroxylation is 1. The van der Waals surface area contributed by atoms with Crippen LogP contribution in [0.4, 0.5) is 5.82 Å². The maximum absolute atomic E-state index is 13.2. The zero-order chi connectivity index (χ0) is 31.3. The van der Waals surface area contributed by atoms with Gasteiger partial charge in [-0.05, 0) is 6.92 Å². The van der Waals surface area contributed by atoms with Crippen LogP contribution in [-0.2, 0) is 32.0 Å². The molecule has 21 nitrogen and oxygen atoms in total. The van der Waals surface area contributed by atoms with Crippen molar-refractivity contribution in [2.45, 2.75) is 56.3 Å². The molecule has 23 heteroatoms. The molecule has 3 aromatic heterocycles. The molecule has 43 heavy (non-hydrogen) atoms. The highest BCUT2D eigenvalue weighted by Crippen LogP contribution is 2.61. The summed E-state index contributed by atoms with van der Waals surface area (Å²) in [5.74, 6) is 0.0490. The van der Waals surface area contributed by atoms with Crippen molar-refractivity contribution in [1.29, 1.82) is 0 Å². The van der Waals surface area contributed by atoms with Gasteiger partial charge in [-0.3, -0.25) is 28.0 Å². The number of phosphoric ester groups is 1. The first-order chi connectivity index (χ1) is 20.2. The zero-order valence-corrected chi connectivity index (χ0v) is 23.8. The van der Waals surface area contributed by atoms with Crippen LogP contribution in [0.1, 0.15) is 24.4 Å². The van der Waals surface area contributed by atoms with Crippen molar-refractivity contribution in [3.8, 4) is 0 Å². The third-order valence-electron chi connectivity index (χ3n) is 6.66. The number of aromatic nitrogens is 6. The highest BCUT2D eigenvalue weighted by molar-refractivity contribution is 7.61. The average molecular weight is 651 g/mol. The molecule has 0 bridgehead atoms. The summed E-state index contributed by atoms with van der Waals surface area (Å²) >= 11 is 0. The van der Waals surface area contributed by atoms with Crippen LogP contribution in [0.25, 0.3) is 11.2 Å². The van der Waals surface area contributed by atoms with Crippen LogP contribution >= 0.6 is 15.6 Å². The van der Waals surface area contributed by atoms with E-state index in [0.717, 1.165) is 10.9 Å². The van der Waals surface area contributed by atoms with Gasteiger partial charge in [0.05, 0.1) is 25.6 Å². The number of aliphatic hydroxyl groups excluding tert-OH is 3. The molecule has 1 unspecified atom stereocenters. The van der Waals surface area contributed by atoms with E-state index in [2.05, 4.69) is 24.2 Å². The quantitative estimate of drug-likeness (QED) is 0.114. The van der Waals surface area contributed by atoms with Crippen LogP contribution in [0.5, 0.6) is 0 Å². The van der Waals surface area contributed by atoms with Gasteiger partial charge in [0.1, 0.15) is 42.5 Å². The fraction of sp³-hybridized carbons (Fsp3) is 0.550. The Morgan fingerprint density at radius 1 is 1.05 bits per heavy atom. The third-order valence-corrected chi connectivity index (χ3v) is 9.24. The van der Waals surface area contributed by atoms with Gasteiger partial charge in [0.25, 0.3) is 5.56 Å². The van der Waals surface area contributed by atoms with Gasteiger partial charge in [0.2, 0.25) is 0 Å². The predicted octanol–water partition coefficient (Wildman–Crippen LogP) is -2.21. The number of H-pyrrole nitrogens is 1. The lowest BCUT2D eigenvalue weighted by Crippen LogP contribution is -2.34. The van der Waals surface area contributed by atoms with Gasteiger partial charge in [-0.1, -0.05) is 0 Å². The Labute approximate surface area is 239 Å². The summed E-state index contributed by atoms with van der Waals surface area (Å²) in [4.78, 5) is 56.4. The Morgan fingerprint density at radius 2 is 1.74 bits per heavy atom. The normalized spacial score (nSPS) is 29.3. The summed E-state index contributed by atoms with van der Waals surface area (Å²) in [5.41, 5.74) is 4.88. The number of fused-ring (bicyclic) bond motifs is 1. The molecule has 5 rings (SSSR count). The predicted molar refractivity (Wildman–Crippen MR) is 139 cm³/mol. The largest absolute Gasteiger partial charge is 0.483 e. The number of imidazole rings is 1. The Balaban J connectivity index is 1.26. The molecule has 0 amide bonds. The molecule has 0 spiro atoms. The summed E-state index contributed by atoms with van der Waals surface area (Å²) < 4.78 is 52.6. The van der Waals surface area contributed by atoms with Crippen LogP contribution in [0.2, 0.25) is 0 Å². The van der Waals surface area contributed by atoms with E-state index in [1.807, 2.05) is 0 Å². The number of nitrogens with zero attached hydrogens (tertiary/aromatic N) is 5. The number of aliphatic hydroxyl groups is 3. The van der Waals surface area contributed by atoms with Crippen molar-refractivity contribution in [2.75, 3.05) is 18.9 Å². The van der Waals surface area contributed by atoms with Crippen LogP contribution in [-0.4, -0.2) is 97.9 Å². The average Bonchev–Trinajstić information content (AvgIpc) is 3.59. The smallest absolute Gasteiger partial charge is 0.390 e. The standard InChI is InChI=1S/C20H27N7O14P2/c1-8-3-26(20(32)25-18(8)31)12-2-9(28)10(39-12)4-37-43(36,41-42(33,34)35)38-5-11-14(29)15(30)19(40-11)27-7-24-13-16(21)22-6-23-17(13)27/h3,6-7,9-12,14-15,19,28-30H,2,4-5H2,1H3,(H2,21,22,23)(H,25,31,32)(H2,33,34,35)/t9-,10+,11+,12+,14+,15+,19+,43?/m0/s1. The number of hydrogen-bond donors (Lipinski definition) is 7. The molecule has 8 atom stereocenters. The minimum atomic E-state index is -5.50. The second-order valence-electron chi connectivity index (χ2n) is 9.65. The van der Waals surface area contributed by atoms with Crippen molar-refractivity contribution in [1.82, 2.24) is 29.1 Å². The Bertz CT molecular complexity index is 1710. The van der Waals surface area contributed by atoms with Crippen LogP contribution in [0.15, 0.2) is 28.4 Å². The van der Waals surface area contributed by atoms with E-state index in [9.17, 15) is 43.8 Å². The van der Waals surface area contributed by atoms with E-state index in [0.29, 0.717) is 0 Å². The Hall–Kier alpha value is -2.91. The fourth-order valence-electron chi connectivity index (χ4n) is 4.53. The minimum absolute atomic E-state index is 0.0490. The first kappa shape index (κ1) is 31.5. The summed E-state index contributed by atoms with van der Waals surface area (Å²) in [6, 6.07) is 0. The highest BCUT2D eigenvalue weighted by atomic mass is 31.3. The Kier molecular flexibility index (Phi) is 8.71. The van der Waals surface area contributed by atoms with Gasteiger partial charge in [-0.15, -0.1) is 0 Å². The number of nitrogens with two attached hydrogens (primary N) is 1. The first-order valence-corrected chi connectivity index (χ1v) is 15.4. The van der Waals surface area contributed by atoms with Crippen molar-refractivity contribution < 1.29 is 57.1 Å². The molecule has 2 aliphatic rings. The maximum Gasteiger partial charge on any atom is 0.483 e. The van der Waals surface area contributed by atoms with Crippen molar-refractivity contribution >= 4 is 32.6 Å². The molecule has 3 aromatic rings. The lowest BCUT2D eigenvalue weighted by molar-refractivity contribution is -0.0596. The second-order valence-corrected chi connectivity index (χ2v) is 12.7. The zero-order valence-electron chi connectivity index (χ0n) is 22.0. The van der Waals surface area contributed by atoms with Gasteiger partial charge >= 0.3 is 21.3 Å². The number of aromatic amines is 1. The van der Waals surface area contributed by atoms with E-state index in [-0.39, 0.29) is 29.0 Å². The number of nitrogen functional groups attached to an aromatic ring is 1. The minimum Gasteiger partial charge on any atom is -0.390 e. The van der Waals surface area contributed by atoms with Crippen molar-refractivity contribution in [3.05, 3.63) is 45.3 Å². The fourth-order valence-corrected chi connectivity index (χ4v) is 6.69. The molecule has 2 aliphatic heterocycles. The summed E-state index contributed by atoms with van der Waals surface area (Å²) in [6.45, 7) is -0.214. The number of anilines is 1. The molecule has 0 radical (unpaired) electrons. The molecule has 236 valence electrons. The third kappa shape index (κ3) is 6.63. The van der Waals surface area contributed by atoms with Crippen LogP contribution < -0.4 is 17.0 Å². The maximum atomic E-state index is 13.2. The number of ether oxygens (including phenoxy) is 2. The molecule has 0 aliphatic carbocycles. The molecule has 2 saturated heterocycles. The van der Waals surface area contributed by atoms with Gasteiger partial charge in [0.15, 0.2) is 17.7 Å². The summed E-state index contributed by atoms with van der Waals surface area (Å²) in [7, 11) is -10.7. The number of rotatable bonds is 10. The van der Waals surface area contributed by atoms with E-state index in [4.69, 9.17) is 24.3 Å². The number of hydrogen-bond acceptors (Lipinski definition) is 16. The van der Waals surface area contributed by atoms with Crippen molar-refractivity contribution in [2.24, 2.45) is 0 Å². The molecule has 0 aromatic carbocycles. The monoisotopic (exact) mass is 651 g/mol. The lowest BCUT2D eigenvalue weighted by atomic mass is 10.1. The molecule has 8 N–H and O–H groups in total. The van der Waals surface area contributed by atoms with Crippen LogP contribution in [0, 0.1) is 6.92 Å². The van der Waals surface area contributed by atoms with E-state index >= 15 is 0 Å². The second kappa shape index (κ2) is 11.9. The van der Waals surface area contributed by atoms with Crippen LogP contribution in [0.3, 0.4) is 0 Å². The number of nitrogens with one attached hydrogen (secondary N) is 1. The summed E-state index contributed by atoms with van der Waals surface area (Å²) in [5, 5.41) is 31.6. The van der Waals surface area contributed by atoms with Gasteiger partial charge in [-0.25, -0.2) is 28.9 Å². The topological polar surface area (TPSA) is 306 Å². The van der Waals surface area contributed by atoms with Gasteiger partial charge < -0.3 is 40.3 Å². The SMILES string of the molecule is Cc1cn([C@H]2C[C@H](O)[C@@H](COP(=O)(OC[C@H]3O[C@@H](n4cnc5c(N)ncnc54)[C@H](O)[C@@H]3O)OP(=O)(O)O)O2)c(=O)[nH]c1=O. The van der Waals surface area contributed by atoms with Crippen molar-refractivity contribution in [3.63, 3.8) is 0 Å². The van der Waals surface area contributed by atoms with E-state index in [1.165, 1.54) is 24.0 Å². The molecule has 2 fully saturated rings. The highest BCUT2D eigenvalue weighted by Gasteiger charge is 2.47. The molecule has 0 saturated carbocycles. The summed E-state index contributed by atoms with van der Waals surface area (Å²) in [6.07, 6.45) is -6.21. The first-order valence-electron chi connectivity index (χ1n) is 12.4. The lowest BCUT2D eigenvalue weighted by Gasteiger charge is -2.23. The van der Waals surface area contributed by atoms with Gasteiger partial charge in [-0.2, -0.15) is 4.31 Å².